The lowest BCUT2D eigenvalue weighted by atomic mass is 9.86. The van der Waals surface area contributed by atoms with Gasteiger partial charge in [0.25, 0.3) is 0 Å². The quantitative estimate of drug-likeness (QED) is 0.623. The van der Waals surface area contributed by atoms with Crippen LogP contribution in [0.3, 0.4) is 0 Å². The van der Waals surface area contributed by atoms with Crippen LogP contribution in [0.2, 0.25) is 0 Å². The van der Waals surface area contributed by atoms with Gasteiger partial charge in [-0.15, -0.1) is 0 Å². The second-order valence-corrected chi connectivity index (χ2v) is 5.01. The molecule has 0 saturated carbocycles. The standard InChI is InChI=1S/C8H14Cl2O2/c1-7(2,3)8(6(9)10)11-4-5-12-8/h6H,4-5H2,1-3H3. The second kappa shape index (κ2) is 3.33. The van der Waals surface area contributed by atoms with Gasteiger partial charge in [0.05, 0.1) is 13.2 Å². The molecular weight excluding hydrogens is 199 g/mol. The lowest BCUT2D eigenvalue weighted by molar-refractivity contribution is -0.212. The molecule has 1 heterocycles. The number of rotatable bonds is 1. The zero-order valence-corrected chi connectivity index (χ0v) is 9.08. The van der Waals surface area contributed by atoms with E-state index in [0.717, 1.165) is 0 Å². The predicted molar refractivity (Wildman–Crippen MR) is 49.6 cm³/mol. The van der Waals surface area contributed by atoms with Crippen molar-refractivity contribution in [3.05, 3.63) is 0 Å². The van der Waals surface area contributed by atoms with Gasteiger partial charge in [-0.3, -0.25) is 0 Å². The first-order chi connectivity index (χ1) is 5.40. The summed E-state index contributed by atoms with van der Waals surface area (Å²) in [5.41, 5.74) is -0.211. The maximum atomic E-state index is 5.84. The summed E-state index contributed by atoms with van der Waals surface area (Å²) in [6.45, 7) is 7.11. The van der Waals surface area contributed by atoms with E-state index in [1.54, 1.807) is 0 Å². The summed E-state index contributed by atoms with van der Waals surface area (Å²) in [6, 6.07) is 0. The van der Waals surface area contributed by atoms with E-state index >= 15 is 0 Å². The molecule has 0 spiro atoms. The van der Waals surface area contributed by atoms with Crippen LogP contribution >= 0.6 is 23.2 Å². The van der Waals surface area contributed by atoms with E-state index in [1.807, 2.05) is 20.8 Å². The minimum absolute atomic E-state index is 0.211. The number of halogens is 2. The molecule has 0 amide bonds. The van der Waals surface area contributed by atoms with Crippen molar-refractivity contribution in [1.29, 1.82) is 0 Å². The highest BCUT2D eigenvalue weighted by Crippen LogP contribution is 2.43. The van der Waals surface area contributed by atoms with Gasteiger partial charge in [0.2, 0.25) is 5.79 Å². The van der Waals surface area contributed by atoms with E-state index < -0.39 is 10.6 Å². The third-order valence-electron chi connectivity index (χ3n) is 2.05. The van der Waals surface area contributed by atoms with Crippen molar-refractivity contribution in [3.8, 4) is 0 Å². The Labute approximate surface area is 83.1 Å². The number of ether oxygens (including phenoxy) is 2. The molecule has 0 N–H and O–H groups in total. The van der Waals surface area contributed by atoms with Crippen LogP contribution in [0.15, 0.2) is 0 Å². The molecule has 72 valence electrons. The minimum atomic E-state index is -0.837. The Morgan fingerprint density at radius 3 is 1.75 bits per heavy atom. The van der Waals surface area contributed by atoms with Crippen LogP contribution in [0.4, 0.5) is 0 Å². The Morgan fingerprint density at radius 1 is 1.17 bits per heavy atom. The monoisotopic (exact) mass is 212 g/mol. The molecular formula is C8H14Cl2O2. The summed E-state index contributed by atoms with van der Waals surface area (Å²) in [7, 11) is 0. The maximum Gasteiger partial charge on any atom is 0.203 e. The van der Waals surface area contributed by atoms with Gasteiger partial charge >= 0.3 is 0 Å². The van der Waals surface area contributed by atoms with E-state index in [1.165, 1.54) is 0 Å². The molecule has 1 aliphatic heterocycles. The van der Waals surface area contributed by atoms with Gasteiger partial charge in [-0.2, -0.15) is 0 Å². The minimum Gasteiger partial charge on any atom is -0.345 e. The van der Waals surface area contributed by atoms with Crippen molar-refractivity contribution in [2.45, 2.75) is 31.4 Å². The third kappa shape index (κ3) is 1.58. The zero-order chi connectivity index (χ0) is 9.41. The molecule has 1 rings (SSSR count). The van der Waals surface area contributed by atoms with Crippen LogP contribution in [0.1, 0.15) is 20.8 Å². The highest BCUT2D eigenvalue weighted by Gasteiger charge is 2.52. The molecule has 0 radical (unpaired) electrons. The summed E-state index contributed by atoms with van der Waals surface area (Å²) in [5, 5.41) is 0. The molecule has 1 saturated heterocycles. The van der Waals surface area contributed by atoms with Gasteiger partial charge in [-0.1, -0.05) is 44.0 Å². The van der Waals surface area contributed by atoms with Crippen molar-refractivity contribution in [2.75, 3.05) is 13.2 Å². The molecule has 1 fully saturated rings. The van der Waals surface area contributed by atoms with Crippen LogP contribution < -0.4 is 0 Å². The van der Waals surface area contributed by atoms with Crippen LogP contribution in [0.5, 0.6) is 0 Å². The molecule has 2 nitrogen and oxygen atoms in total. The molecule has 0 aliphatic carbocycles. The normalized spacial score (nSPS) is 23.5. The third-order valence-corrected chi connectivity index (χ3v) is 2.62. The fourth-order valence-corrected chi connectivity index (χ4v) is 2.22. The second-order valence-electron chi connectivity index (χ2n) is 3.92. The van der Waals surface area contributed by atoms with E-state index in [-0.39, 0.29) is 5.41 Å². The first kappa shape index (κ1) is 10.6. The van der Waals surface area contributed by atoms with Crippen LogP contribution in [0, 0.1) is 5.41 Å². The molecule has 0 aromatic rings. The summed E-state index contributed by atoms with van der Waals surface area (Å²) < 4.78 is 11.0. The number of hydrogen-bond donors (Lipinski definition) is 0. The van der Waals surface area contributed by atoms with Gasteiger partial charge < -0.3 is 9.47 Å². The smallest absolute Gasteiger partial charge is 0.203 e. The first-order valence-corrected chi connectivity index (χ1v) is 4.83. The lowest BCUT2D eigenvalue weighted by Gasteiger charge is -2.40. The van der Waals surface area contributed by atoms with Crippen LogP contribution in [-0.2, 0) is 9.47 Å². The van der Waals surface area contributed by atoms with Gasteiger partial charge in [-0.25, -0.2) is 0 Å². The maximum absolute atomic E-state index is 5.84. The average Bonchev–Trinajstić information content (AvgIpc) is 2.31. The number of hydrogen-bond acceptors (Lipinski definition) is 2. The lowest BCUT2D eigenvalue weighted by Crippen LogP contribution is -2.49. The van der Waals surface area contributed by atoms with Crippen LogP contribution in [-0.4, -0.2) is 23.8 Å². The SMILES string of the molecule is CC(C)(C)C1(C(Cl)Cl)OCCO1. The fourth-order valence-electron chi connectivity index (χ4n) is 1.31. The molecule has 0 bridgehead atoms. The summed E-state index contributed by atoms with van der Waals surface area (Å²) >= 11 is 11.7. The summed E-state index contributed by atoms with van der Waals surface area (Å²) in [5.74, 6) is -0.837. The topological polar surface area (TPSA) is 18.5 Å². The Balaban J connectivity index is 2.87. The molecule has 0 atom stereocenters. The van der Waals surface area contributed by atoms with Gasteiger partial charge in [0.15, 0.2) is 4.84 Å². The van der Waals surface area contributed by atoms with Crippen molar-refractivity contribution in [3.63, 3.8) is 0 Å². The molecule has 0 unspecified atom stereocenters. The van der Waals surface area contributed by atoms with E-state index in [4.69, 9.17) is 32.7 Å². The predicted octanol–water partition coefficient (Wildman–Crippen LogP) is 2.58. The summed E-state index contributed by atoms with van der Waals surface area (Å²) in [6.07, 6.45) is 0. The Morgan fingerprint density at radius 2 is 1.58 bits per heavy atom. The molecule has 4 heteroatoms. The van der Waals surface area contributed by atoms with Crippen molar-refractivity contribution < 1.29 is 9.47 Å². The fraction of sp³-hybridized carbons (Fsp3) is 1.00. The van der Waals surface area contributed by atoms with E-state index in [9.17, 15) is 0 Å². The molecule has 12 heavy (non-hydrogen) atoms. The Bertz CT molecular complexity index is 157. The average molecular weight is 213 g/mol. The van der Waals surface area contributed by atoms with Gasteiger partial charge in [0, 0.05) is 5.41 Å². The van der Waals surface area contributed by atoms with Crippen LogP contribution in [0.25, 0.3) is 0 Å². The first-order valence-electron chi connectivity index (χ1n) is 3.96. The molecule has 1 aliphatic rings. The largest absolute Gasteiger partial charge is 0.345 e. The summed E-state index contributed by atoms with van der Waals surface area (Å²) in [4.78, 5) is -0.653. The van der Waals surface area contributed by atoms with Gasteiger partial charge in [0.1, 0.15) is 0 Å². The Kier molecular flexibility index (Phi) is 2.94. The van der Waals surface area contributed by atoms with Crippen molar-refractivity contribution >= 4 is 23.2 Å². The van der Waals surface area contributed by atoms with Crippen molar-refractivity contribution in [1.82, 2.24) is 0 Å². The zero-order valence-electron chi connectivity index (χ0n) is 7.56. The highest BCUT2D eigenvalue weighted by molar-refractivity contribution is 6.45. The molecule has 0 aromatic carbocycles. The Hall–Kier alpha value is 0.500. The molecule has 0 aromatic heterocycles. The van der Waals surface area contributed by atoms with Gasteiger partial charge in [-0.05, 0) is 0 Å². The van der Waals surface area contributed by atoms with Crippen molar-refractivity contribution in [2.24, 2.45) is 5.41 Å². The van der Waals surface area contributed by atoms with E-state index in [0.29, 0.717) is 13.2 Å². The number of alkyl halides is 2. The highest BCUT2D eigenvalue weighted by atomic mass is 35.5. The van der Waals surface area contributed by atoms with E-state index in [2.05, 4.69) is 0 Å².